The smallest absolute Gasteiger partial charge is 0.255 e. The van der Waals surface area contributed by atoms with Gasteiger partial charge in [0, 0.05) is 23.6 Å². The Bertz CT molecular complexity index is 518. The number of aromatic nitrogens is 1. The molecule has 1 heterocycles. The van der Waals surface area contributed by atoms with Gasteiger partial charge in [-0.3, -0.25) is 9.78 Å². The van der Waals surface area contributed by atoms with E-state index >= 15 is 0 Å². The summed E-state index contributed by atoms with van der Waals surface area (Å²) in [7, 11) is 0. The van der Waals surface area contributed by atoms with E-state index in [4.69, 9.17) is 0 Å². The Morgan fingerprint density at radius 1 is 1.06 bits per heavy atom. The van der Waals surface area contributed by atoms with Crippen LogP contribution in [0.15, 0.2) is 48.8 Å². The molecule has 1 N–H and O–H groups in total. The molecule has 18 heavy (non-hydrogen) atoms. The number of anilines is 1. The molecule has 0 bridgehead atoms. The average Bonchev–Trinajstić information content (AvgIpc) is 2.40. The zero-order chi connectivity index (χ0) is 13.0. The number of nitrogens with zero attached hydrogens (tertiary/aromatic N) is 1. The van der Waals surface area contributed by atoms with Crippen LogP contribution in [0.25, 0.3) is 0 Å². The summed E-state index contributed by atoms with van der Waals surface area (Å²) in [5, 5.41) is 2.86. The number of pyridine rings is 1. The van der Waals surface area contributed by atoms with Crippen molar-refractivity contribution in [2.24, 2.45) is 0 Å². The molecule has 1 amide bonds. The van der Waals surface area contributed by atoms with Gasteiger partial charge in [-0.1, -0.05) is 26.0 Å². The van der Waals surface area contributed by atoms with E-state index in [2.05, 4.69) is 24.1 Å². The monoisotopic (exact) mass is 240 g/mol. The molecule has 0 saturated heterocycles. The highest BCUT2D eigenvalue weighted by Gasteiger charge is 2.05. The zero-order valence-corrected chi connectivity index (χ0v) is 10.6. The molecule has 3 heteroatoms. The van der Waals surface area contributed by atoms with Gasteiger partial charge in [0.15, 0.2) is 0 Å². The second-order valence-electron chi connectivity index (χ2n) is 4.47. The number of carbonyl (C=O) groups excluding carboxylic acids is 1. The van der Waals surface area contributed by atoms with Crippen LogP contribution in [-0.4, -0.2) is 10.9 Å². The fourth-order valence-corrected chi connectivity index (χ4v) is 1.66. The molecule has 0 fully saturated rings. The van der Waals surface area contributed by atoms with Gasteiger partial charge in [0.05, 0.1) is 0 Å². The van der Waals surface area contributed by atoms with Gasteiger partial charge in [0.2, 0.25) is 0 Å². The standard InChI is InChI=1S/C15H16N2O/c1-11(2)12-3-5-14(6-4-12)17-15(18)13-7-9-16-10-8-13/h3-11H,1-2H3,(H,17,18). The molecule has 92 valence electrons. The third-order valence-corrected chi connectivity index (χ3v) is 2.78. The van der Waals surface area contributed by atoms with Gasteiger partial charge in [0.1, 0.15) is 0 Å². The highest BCUT2D eigenvalue weighted by atomic mass is 16.1. The molecular formula is C15H16N2O. The first kappa shape index (κ1) is 12.3. The van der Waals surface area contributed by atoms with Crippen molar-refractivity contribution < 1.29 is 4.79 Å². The molecule has 0 aliphatic carbocycles. The maximum atomic E-state index is 11.9. The van der Waals surface area contributed by atoms with E-state index in [1.807, 2.05) is 24.3 Å². The molecule has 0 spiro atoms. The maximum absolute atomic E-state index is 11.9. The van der Waals surface area contributed by atoms with Crippen molar-refractivity contribution in [1.82, 2.24) is 4.98 Å². The van der Waals surface area contributed by atoms with Gasteiger partial charge in [0.25, 0.3) is 5.91 Å². The van der Waals surface area contributed by atoms with Crippen LogP contribution in [0.4, 0.5) is 5.69 Å². The fourth-order valence-electron chi connectivity index (χ4n) is 1.66. The van der Waals surface area contributed by atoms with Crippen molar-refractivity contribution in [3.63, 3.8) is 0 Å². The van der Waals surface area contributed by atoms with Crippen molar-refractivity contribution in [3.8, 4) is 0 Å². The first-order chi connectivity index (χ1) is 8.66. The lowest BCUT2D eigenvalue weighted by molar-refractivity contribution is 0.102. The Morgan fingerprint density at radius 2 is 1.67 bits per heavy atom. The van der Waals surface area contributed by atoms with E-state index in [0.717, 1.165) is 5.69 Å². The molecule has 3 nitrogen and oxygen atoms in total. The van der Waals surface area contributed by atoms with Gasteiger partial charge in [-0.05, 0) is 35.7 Å². The van der Waals surface area contributed by atoms with Crippen molar-refractivity contribution in [3.05, 3.63) is 59.9 Å². The average molecular weight is 240 g/mol. The zero-order valence-electron chi connectivity index (χ0n) is 10.6. The van der Waals surface area contributed by atoms with Crippen molar-refractivity contribution in [2.45, 2.75) is 19.8 Å². The summed E-state index contributed by atoms with van der Waals surface area (Å²) in [6.45, 7) is 4.29. The minimum Gasteiger partial charge on any atom is -0.322 e. The first-order valence-corrected chi connectivity index (χ1v) is 5.98. The van der Waals surface area contributed by atoms with Gasteiger partial charge in [-0.15, -0.1) is 0 Å². The normalized spacial score (nSPS) is 10.4. The van der Waals surface area contributed by atoms with E-state index in [1.54, 1.807) is 24.5 Å². The molecule has 0 radical (unpaired) electrons. The number of hydrogen-bond acceptors (Lipinski definition) is 2. The Labute approximate surface area is 107 Å². The van der Waals surface area contributed by atoms with Crippen LogP contribution in [0.5, 0.6) is 0 Å². The van der Waals surface area contributed by atoms with Crippen molar-refractivity contribution in [2.75, 3.05) is 5.32 Å². The third kappa shape index (κ3) is 2.94. The van der Waals surface area contributed by atoms with E-state index in [0.29, 0.717) is 11.5 Å². The summed E-state index contributed by atoms with van der Waals surface area (Å²) in [5.41, 5.74) is 2.68. The quantitative estimate of drug-likeness (QED) is 0.892. The third-order valence-electron chi connectivity index (χ3n) is 2.78. The second-order valence-corrected chi connectivity index (χ2v) is 4.47. The molecule has 0 aliphatic heterocycles. The second kappa shape index (κ2) is 5.45. The highest BCUT2D eigenvalue weighted by molar-refractivity contribution is 6.04. The summed E-state index contributed by atoms with van der Waals surface area (Å²) in [4.78, 5) is 15.8. The first-order valence-electron chi connectivity index (χ1n) is 5.98. The van der Waals surface area contributed by atoms with Crippen LogP contribution in [0.3, 0.4) is 0 Å². The lowest BCUT2D eigenvalue weighted by atomic mass is 10.0. The molecule has 2 aromatic rings. The van der Waals surface area contributed by atoms with Crippen LogP contribution in [0.2, 0.25) is 0 Å². The number of carbonyl (C=O) groups is 1. The number of nitrogens with one attached hydrogen (secondary N) is 1. The van der Waals surface area contributed by atoms with Crippen LogP contribution in [-0.2, 0) is 0 Å². The number of benzene rings is 1. The lowest BCUT2D eigenvalue weighted by Crippen LogP contribution is -2.11. The number of rotatable bonds is 3. The Balaban J connectivity index is 2.08. The molecule has 1 aromatic heterocycles. The van der Waals surface area contributed by atoms with Crippen molar-refractivity contribution in [1.29, 1.82) is 0 Å². The van der Waals surface area contributed by atoms with E-state index < -0.39 is 0 Å². The molecular weight excluding hydrogens is 224 g/mol. The Kier molecular flexibility index (Phi) is 3.72. The molecule has 0 unspecified atom stereocenters. The largest absolute Gasteiger partial charge is 0.322 e. The summed E-state index contributed by atoms with van der Waals surface area (Å²) < 4.78 is 0. The summed E-state index contributed by atoms with van der Waals surface area (Å²) in [6, 6.07) is 11.3. The molecule has 0 saturated carbocycles. The number of hydrogen-bond donors (Lipinski definition) is 1. The molecule has 2 rings (SSSR count). The minimum atomic E-state index is -0.116. The molecule has 1 aromatic carbocycles. The van der Waals surface area contributed by atoms with E-state index in [9.17, 15) is 4.79 Å². The van der Waals surface area contributed by atoms with Gasteiger partial charge < -0.3 is 5.32 Å². The van der Waals surface area contributed by atoms with Crippen molar-refractivity contribution >= 4 is 11.6 Å². The molecule has 0 aliphatic rings. The SMILES string of the molecule is CC(C)c1ccc(NC(=O)c2ccncc2)cc1. The maximum Gasteiger partial charge on any atom is 0.255 e. The molecule has 0 atom stereocenters. The van der Waals surface area contributed by atoms with Crippen LogP contribution in [0, 0.1) is 0 Å². The van der Waals surface area contributed by atoms with Gasteiger partial charge >= 0.3 is 0 Å². The topological polar surface area (TPSA) is 42.0 Å². The van der Waals surface area contributed by atoms with E-state index in [-0.39, 0.29) is 5.91 Å². The fraction of sp³-hybridized carbons (Fsp3) is 0.200. The summed E-state index contributed by atoms with van der Waals surface area (Å²) >= 11 is 0. The lowest BCUT2D eigenvalue weighted by Gasteiger charge is -2.08. The van der Waals surface area contributed by atoms with Gasteiger partial charge in [-0.2, -0.15) is 0 Å². The summed E-state index contributed by atoms with van der Waals surface area (Å²) in [6.07, 6.45) is 3.22. The predicted molar refractivity (Wildman–Crippen MR) is 72.7 cm³/mol. The minimum absolute atomic E-state index is 0.116. The Hall–Kier alpha value is -2.16. The number of amides is 1. The predicted octanol–water partition coefficient (Wildman–Crippen LogP) is 3.46. The van der Waals surface area contributed by atoms with Gasteiger partial charge in [-0.25, -0.2) is 0 Å². The van der Waals surface area contributed by atoms with Crippen LogP contribution >= 0.6 is 0 Å². The van der Waals surface area contributed by atoms with E-state index in [1.165, 1.54) is 5.56 Å². The summed E-state index contributed by atoms with van der Waals surface area (Å²) in [5.74, 6) is 0.379. The van der Waals surface area contributed by atoms with Crippen LogP contribution < -0.4 is 5.32 Å². The Morgan fingerprint density at radius 3 is 2.22 bits per heavy atom. The van der Waals surface area contributed by atoms with Crippen LogP contribution in [0.1, 0.15) is 35.7 Å². The highest BCUT2D eigenvalue weighted by Crippen LogP contribution is 2.17.